The van der Waals surface area contributed by atoms with Crippen molar-refractivity contribution in [2.24, 2.45) is 0 Å². The van der Waals surface area contributed by atoms with E-state index < -0.39 is 0 Å². The summed E-state index contributed by atoms with van der Waals surface area (Å²) in [5.74, 6) is 1.73. The van der Waals surface area contributed by atoms with E-state index in [1.165, 1.54) is 38.8 Å². The van der Waals surface area contributed by atoms with Crippen molar-refractivity contribution in [2.45, 2.75) is 77.4 Å². The highest BCUT2D eigenvalue weighted by Crippen LogP contribution is 2.24. The first kappa shape index (κ1) is 31.8. The second-order valence-electron chi connectivity index (χ2n) is 12.1. The number of benzene rings is 2. The number of hydrogen-bond donors (Lipinski definition) is 2. The van der Waals surface area contributed by atoms with Gasteiger partial charge in [-0.15, -0.1) is 0 Å². The normalized spacial score (nSPS) is 17.0. The van der Waals surface area contributed by atoms with E-state index in [1.807, 2.05) is 48.5 Å². The number of likely N-dealkylation sites (tertiary alicyclic amines) is 2. The molecule has 0 aliphatic carbocycles. The van der Waals surface area contributed by atoms with Crippen molar-refractivity contribution in [1.29, 1.82) is 0 Å². The lowest BCUT2D eigenvalue weighted by Gasteiger charge is -2.32. The zero-order valence-corrected chi connectivity index (χ0v) is 26.4. The Morgan fingerprint density at radius 2 is 1.05 bits per heavy atom. The van der Waals surface area contributed by atoms with Crippen LogP contribution >= 0.6 is 0 Å². The van der Waals surface area contributed by atoms with Gasteiger partial charge in [0, 0.05) is 49.3 Å². The number of nitrogens with zero attached hydrogens (tertiary/aromatic N) is 2. The summed E-state index contributed by atoms with van der Waals surface area (Å²) in [6.45, 7) is 11.4. The molecule has 0 unspecified atom stereocenters. The second kappa shape index (κ2) is 15.9. The average molecular weight is 601 g/mol. The molecule has 0 spiro atoms. The number of aromatic amines is 2. The summed E-state index contributed by atoms with van der Waals surface area (Å²) in [5.41, 5.74) is -0.0958. The fourth-order valence-electron chi connectivity index (χ4n) is 6.14. The average Bonchev–Trinajstić information content (AvgIpc) is 3.05. The molecular formula is C36H48N4O4. The van der Waals surface area contributed by atoms with Crippen molar-refractivity contribution in [3.63, 3.8) is 0 Å². The SMILES string of the molecule is CCCCN1CCC(Oc2ccc3c(=O)[nH]ccc3c2)CC1.CCCCN1CCC(Oc2ccc3c(=O)[nH]ccc3c2)CC1. The predicted octanol–water partition coefficient (Wildman–Crippen LogP) is 6.34. The number of piperidine rings is 2. The molecule has 2 aliphatic rings. The van der Waals surface area contributed by atoms with Crippen LogP contribution in [0.25, 0.3) is 21.5 Å². The molecule has 4 aromatic rings. The molecule has 8 nitrogen and oxygen atoms in total. The van der Waals surface area contributed by atoms with E-state index in [-0.39, 0.29) is 23.3 Å². The van der Waals surface area contributed by atoms with Crippen LogP contribution < -0.4 is 20.6 Å². The summed E-state index contributed by atoms with van der Waals surface area (Å²) in [6.07, 6.45) is 13.3. The van der Waals surface area contributed by atoms with Gasteiger partial charge in [-0.3, -0.25) is 9.59 Å². The third kappa shape index (κ3) is 8.73. The van der Waals surface area contributed by atoms with E-state index in [0.717, 1.165) is 74.1 Å². The zero-order valence-electron chi connectivity index (χ0n) is 26.4. The Balaban J connectivity index is 0.000000175. The number of H-pyrrole nitrogens is 2. The maximum Gasteiger partial charge on any atom is 0.255 e. The standard InChI is InChI=1S/2C18H24N2O2/c2*1-2-3-10-20-11-7-15(8-12-20)22-16-4-5-17-14(13-16)6-9-19-18(17)21/h2*4-6,9,13,15H,2-3,7-8,10-12H2,1H3,(H,19,21). The second-order valence-corrected chi connectivity index (χ2v) is 12.1. The molecular weight excluding hydrogens is 552 g/mol. The first-order valence-electron chi connectivity index (χ1n) is 16.5. The summed E-state index contributed by atoms with van der Waals surface area (Å²) in [6, 6.07) is 15.3. The molecule has 2 saturated heterocycles. The number of hydrogen-bond acceptors (Lipinski definition) is 6. The van der Waals surface area contributed by atoms with Crippen LogP contribution in [0.5, 0.6) is 11.5 Å². The fraction of sp³-hybridized carbons (Fsp3) is 0.500. The number of nitrogens with one attached hydrogen (secondary N) is 2. The van der Waals surface area contributed by atoms with Crippen molar-refractivity contribution < 1.29 is 9.47 Å². The van der Waals surface area contributed by atoms with E-state index in [0.29, 0.717) is 10.8 Å². The molecule has 6 rings (SSSR count). The van der Waals surface area contributed by atoms with E-state index in [9.17, 15) is 9.59 Å². The van der Waals surface area contributed by atoms with Crippen LogP contribution in [-0.4, -0.2) is 71.2 Å². The number of aromatic nitrogens is 2. The minimum absolute atomic E-state index is 0.0479. The minimum atomic E-state index is -0.0479. The number of rotatable bonds is 10. The Morgan fingerprint density at radius 1 is 0.636 bits per heavy atom. The molecule has 44 heavy (non-hydrogen) atoms. The molecule has 2 N–H and O–H groups in total. The molecule has 2 aromatic carbocycles. The van der Waals surface area contributed by atoms with Gasteiger partial charge in [0.2, 0.25) is 0 Å². The van der Waals surface area contributed by atoms with Gasteiger partial charge in [0.05, 0.1) is 0 Å². The van der Waals surface area contributed by atoms with Crippen LogP contribution in [0.2, 0.25) is 0 Å². The van der Waals surface area contributed by atoms with Gasteiger partial charge >= 0.3 is 0 Å². The van der Waals surface area contributed by atoms with Crippen LogP contribution in [0.3, 0.4) is 0 Å². The van der Waals surface area contributed by atoms with Crippen LogP contribution in [0.1, 0.15) is 65.2 Å². The van der Waals surface area contributed by atoms with Crippen molar-refractivity contribution in [3.05, 3.63) is 81.6 Å². The predicted molar refractivity (Wildman–Crippen MR) is 179 cm³/mol. The van der Waals surface area contributed by atoms with Crippen molar-refractivity contribution in [2.75, 3.05) is 39.3 Å². The molecule has 2 aliphatic heterocycles. The van der Waals surface area contributed by atoms with E-state index in [2.05, 4.69) is 33.6 Å². The molecule has 0 amide bonds. The van der Waals surface area contributed by atoms with Gasteiger partial charge in [-0.05, 0) is 111 Å². The molecule has 8 heteroatoms. The van der Waals surface area contributed by atoms with E-state index in [1.54, 1.807) is 12.4 Å². The Hall–Kier alpha value is -3.62. The first-order valence-corrected chi connectivity index (χ1v) is 16.5. The van der Waals surface area contributed by atoms with Crippen LogP contribution in [-0.2, 0) is 0 Å². The maximum absolute atomic E-state index is 11.7. The van der Waals surface area contributed by atoms with Crippen LogP contribution in [0.15, 0.2) is 70.5 Å². The Bertz CT molecular complexity index is 1460. The van der Waals surface area contributed by atoms with Crippen LogP contribution in [0.4, 0.5) is 0 Å². The third-order valence-electron chi connectivity index (χ3n) is 8.82. The van der Waals surface area contributed by atoms with Crippen molar-refractivity contribution in [1.82, 2.24) is 19.8 Å². The van der Waals surface area contributed by atoms with Crippen LogP contribution in [0, 0.1) is 0 Å². The zero-order chi connectivity index (χ0) is 30.7. The van der Waals surface area contributed by atoms with Gasteiger partial charge in [0.1, 0.15) is 23.7 Å². The smallest absolute Gasteiger partial charge is 0.255 e. The van der Waals surface area contributed by atoms with Gasteiger partial charge in [-0.2, -0.15) is 0 Å². The minimum Gasteiger partial charge on any atom is -0.490 e. The molecule has 0 atom stereocenters. The number of fused-ring (bicyclic) bond motifs is 2. The molecule has 2 fully saturated rings. The van der Waals surface area contributed by atoms with Crippen molar-refractivity contribution in [3.8, 4) is 11.5 Å². The molecule has 0 bridgehead atoms. The fourth-order valence-corrected chi connectivity index (χ4v) is 6.14. The lowest BCUT2D eigenvalue weighted by Crippen LogP contribution is -2.38. The molecule has 0 saturated carbocycles. The largest absolute Gasteiger partial charge is 0.490 e. The summed E-state index contributed by atoms with van der Waals surface area (Å²) in [7, 11) is 0. The Morgan fingerprint density at radius 3 is 1.43 bits per heavy atom. The lowest BCUT2D eigenvalue weighted by atomic mass is 10.1. The van der Waals surface area contributed by atoms with Crippen molar-refractivity contribution >= 4 is 21.5 Å². The lowest BCUT2D eigenvalue weighted by molar-refractivity contribution is 0.0998. The van der Waals surface area contributed by atoms with Gasteiger partial charge in [0.25, 0.3) is 11.1 Å². The van der Waals surface area contributed by atoms with Gasteiger partial charge in [-0.1, -0.05) is 26.7 Å². The molecule has 2 aromatic heterocycles. The number of ether oxygens (including phenoxy) is 2. The van der Waals surface area contributed by atoms with Gasteiger partial charge in [0.15, 0.2) is 0 Å². The van der Waals surface area contributed by atoms with Gasteiger partial charge < -0.3 is 29.2 Å². The number of pyridine rings is 2. The highest BCUT2D eigenvalue weighted by atomic mass is 16.5. The summed E-state index contributed by atoms with van der Waals surface area (Å²) in [4.78, 5) is 33.9. The quantitative estimate of drug-likeness (QED) is 0.221. The first-order chi connectivity index (χ1) is 21.5. The number of unbranched alkanes of at least 4 members (excludes halogenated alkanes) is 2. The van der Waals surface area contributed by atoms with E-state index >= 15 is 0 Å². The Kier molecular flexibility index (Phi) is 11.5. The summed E-state index contributed by atoms with van der Waals surface area (Å²) < 4.78 is 12.2. The topological polar surface area (TPSA) is 90.7 Å². The summed E-state index contributed by atoms with van der Waals surface area (Å²) in [5, 5.41) is 3.29. The van der Waals surface area contributed by atoms with E-state index in [4.69, 9.17) is 9.47 Å². The highest BCUT2D eigenvalue weighted by molar-refractivity contribution is 5.83. The monoisotopic (exact) mass is 600 g/mol. The Labute approximate surface area is 260 Å². The maximum atomic E-state index is 11.7. The third-order valence-corrected chi connectivity index (χ3v) is 8.82. The molecule has 236 valence electrons. The van der Waals surface area contributed by atoms with Gasteiger partial charge in [-0.25, -0.2) is 0 Å². The highest BCUT2D eigenvalue weighted by Gasteiger charge is 2.21. The molecule has 0 radical (unpaired) electrons. The summed E-state index contributed by atoms with van der Waals surface area (Å²) >= 11 is 0. The molecule has 4 heterocycles.